The van der Waals surface area contributed by atoms with Crippen LogP contribution in [0.15, 0.2) is 61.1 Å². The molecule has 0 atom stereocenters. The van der Waals surface area contributed by atoms with Crippen molar-refractivity contribution in [2.75, 3.05) is 5.32 Å². The van der Waals surface area contributed by atoms with E-state index in [0.717, 1.165) is 22.9 Å². The minimum absolute atomic E-state index is 0.710. The first-order valence-corrected chi connectivity index (χ1v) is 6.57. The van der Waals surface area contributed by atoms with Gasteiger partial charge in [-0.1, -0.05) is 18.2 Å². The van der Waals surface area contributed by atoms with Crippen LogP contribution in [0.25, 0.3) is 5.69 Å². The molecule has 100 valence electrons. The van der Waals surface area contributed by atoms with Gasteiger partial charge in [-0.3, -0.25) is 9.55 Å². The Kier molecular flexibility index (Phi) is 3.46. The maximum Gasteiger partial charge on any atom is 0.110 e. The molecule has 0 spiro atoms. The number of pyridine rings is 1. The summed E-state index contributed by atoms with van der Waals surface area (Å²) >= 11 is 0. The second-order valence-corrected chi connectivity index (χ2v) is 4.56. The molecule has 2 heterocycles. The number of para-hydroxylation sites is 1. The third-order valence-corrected chi connectivity index (χ3v) is 3.16. The summed E-state index contributed by atoms with van der Waals surface area (Å²) < 4.78 is 2.16. The maximum atomic E-state index is 4.41. The predicted molar refractivity (Wildman–Crippen MR) is 79.9 cm³/mol. The molecule has 0 radical (unpaired) electrons. The highest BCUT2D eigenvalue weighted by Crippen LogP contribution is 2.15. The number of hydrogen-bond acceptors (Lipinski definition) is 3. The molecule has 0 aliphatic carbocycles. The third-order valence-electron chi connectivity index (χ3n) is 3.16. The maximum absolute atomic E-state index is 4.41. The number of benzene rings is 1. The van der Waals surface area contributed by atoms with Crippen LogP contribution in [0.2, 0.25) is 0 Å². The lowest BCUT2D eigenvalue weighted by Gasteiger charge is -2.11. The Balaban J connectivity index is 1.85. The molecule has 4 nitrogen and oxygen atoms in total. The molecule has 0 unspecified atom stereocenters. The molecule has 0 saturated heterocycles. The normalized spacial score (nSPS) is 10.4. The quantitative estimate of drug-likeness (QED) is 0.787. The molecule has 0 aliphatic rings. The first-order valence-electron chi connectivity index (χ1n) is 6.57. The Morgan fingerprint density at radius 1 is 1.05 bits per heavy atom. The summed E-state index contributed by atoms with van der Waals surface area (Å²) in [6.07, 6.45) is 5.49. The van der Waals surface area contributed by atoms with Gasteiger partial charge < -0.3 is 5.32 Å². The summed E-state index contributed by atoms with van der Waals surface area (Å²) in [5.74, 6) is 0.985. The molecule has 20 heavy (non-hydrogen) atoms. The van der Waals surface area contributed by atoms with Gasteiger partial charge in [-0.2, -0.15) is 0 Å². The fraction of sp³-hybridized carbons (Fsp3) is 0.125. The van der Waals surface area contributed by atoms with Crippen molar-refractivity contribution >= 4 is 5.69 Å². The van der Waals surface area contributed by atoms with E-state index in [9.17, 15) is 0 Å². The van der Waals surface area contributed by atoms with E-state index in [1.54, 1.807) is 6.20 Å². The van der Waals surface area contributed by atoms with E-state index in [4.69, 9.17) is 0 Å². The number of aromatic nitrogens is 3. The molecule has 0 fully saturated rings. The Labute approximate surface area is 118 Å². The van der Waals surface area contributed by atoms with Gasteiger partial charge in [0.15, 0.2) is 0 Å². The van der Waals surface area contributed by atoms with Crippen molar-refractivity contribution in [3.05, 3.63) is 72.6 Å². The highest BCUT2D eigenvalue weighted by Gasteiger charge is 2.08. The van der Waals surface area contributed by atoms with Crippen LogP contribution in [0.1, 0.15) is 11.5 Å². The van der Waals surface area contributed by atoms with Gasteiger partial charge in [0, 0.05) is 18.1 Å². The largest absolute Gasteiger partial charge is 0.378 e. The highest BCUT2D eigenvalue weighted by atomic mass is 15.1. The summed E-state index contributed by atoms with van der Waals surface area (Å²) in [5, 5.41) is 3.36. The van der Waals surface area contributed by atoms with Crippen LogP contribution in [0.3, 0.4) is 0 Å². The Bertz CT molecular complexity index is 674. The summed E-state index contributed by atoms with van der Waals surface area (Å²) in [6.45, 7) is 2.72. The zero-order valence-electron chi connectivity index (χ0n) is 11.3. The van der Waals surface area contributed by atoms with Crippen molar-refractivity contribution in [2.45, 2.75) is 13.5 Å². The first-order chi connectivity index (χ1) is 9.84. The SMILES string of the molecule is Cc1ncc(CNc2cccnc2)n1-c1ccccc1. The fourth-order valence-electron chi connectivity index (χ4n) is 2.21. The molecule has 1 N–H and O–H groups in total. The van der Waals surface area contributed by atoms with Crippen molar-refractivity contribution in [3.63, 3.8) is 0 Å². The summed E-state index contributed by atoms with van der Waals surface area (Å²) in [4.78, 5) is 8.51. The zero-order valence-corrected chi connectivity index (χ0v) is 11.3. The monoisotopic (exact) mass is 264 g/mol. The van der Waals surface area contributed by atoms with E-state index in [-0.39, 0.29) is 0 Å². The minimum Gasteiger partial charge on any atom is -0.378 e. The molecular formula is C16H16N4. The molecule has 0 saturated carbocycles. The van der Waals surface area contributed by atoms with Crippen LogP contribution in [0.4, 0.5) is 5.69 Å². The molecule has 0 bridgehead atoms. The second-order valence-electron chi connectivity index (χ2n) is 4.56. The smallest absolute Gasteiger partial charge is 0.110 e. The number of nitrogens with one attached hydrogen (secondary N) is 1. The van der Waals surface area contributed by atoms with Gasteiger partial charge in [0.2, 0.25) is 0 Å². The number of rotatable bonds is 4. The molecule has 3 rings (SSSR count). The van der Waals surface area contributed by atoms with Crippen LogP contribution in [-0.4, -0.2) is 14.5 Å². The van der Waals surface area contributed by atoms with Crippen LogP contribution in [-0.2, 0) is 6.54 Å². The van der Waals surface area contributed by atoms with E-state index in [0.29, 0.717) is 6.54 Å². The highest BCUT2D eigenvalue weighted by molar-refractivity contribution is 5.41. The van der Waals surface area contributed by atoms with Crippen molar-refractivity contribution in [3.8, 4) is 5.69 Å². The first kappa shape index (κ1) is 12.4. The molecule has 4 heteroatoms. The van der Waals surface area contributed by atoms with Gasteiger partial charge in [-0.25, -0.2) is 4.98 Å². The van der Waals surface area contributed by atoms with Gasteiger partial charge in [0.05, 0.1) is 24.1 Å². The number of nitrogens with zero attached hydrogens (tertiary/aromatic N) is 3. The van der Waals surface area contributed by atoms with E-state index >= 15 is 0 Å². The van der Waals surface area contributed by atoms with Crippen molar-refractivity contribution in [1.82, 2.24) is 14.5 Å². The van der Waals surface area contributed by atoms with Gasteiger partial charge in [0.25, 0.3) is 0 Å². The predicted octanol–water partition coefficient (Wildman–Crippen LogP) is 3.19. The van der Waals surface area contributed by atoms with Gasteiger partial charge in [0.1, 0.15) is 5.82 Å². The standard InChI is InChI=1S/C16H16N4/c1-13-18-11-16(12-19-14-6-5-9-17-10-14)20(13)15-7-3-2-4-8-15/h2-11,19H,12H2,1H3. The second kappa shape index (κ2) is 5.57. The Morgan fingerprint density at radius 2 is 1.90 bits per heavy atom. The van der Waals surface area contributed by atoms with Crippen LogP contribution in [0.5, 0.6) is 0 Å². The van der Waals surface area contributed by atoms with Gasteiger partial charge in [-0.05, 0) is 31.2 Å². The molecule has 3 aromatic rings. The number of aryl methyl sites for hydroxylation is 1. The van der Waals surface area contributed by atoms with Gasteiger partial charge >= 0.3 is 0 Å². The van der Waals surface area contributed by atoms with Crippen LogP contribution < -0.4 is 5.32 Å². The molecule has 0 aliphatic heterocycles. The minimum atomic E-state index is 0.710. The lowest BCUT2D eigenvalue weighted by Crippen LogP contribution is -2.07. The summed E-state index contributed by atoms with van der Waals surface area (Å²) in [6, 6.07) is 14.2. The average Bonchev–Trinajstić information content (AvgIpc) is 2.88. The lowest BCUT2D eigenvalue weighted by atomic mass is 10.3. The van der Waals surface area contributed by atoms with E-state index < -0.39 is 0 Å². The van der Waals surface area contributed by atoms with E-state index in [2.05, 4.69) is 32.0 Å². The lowest BCUT2D eigenvalue weighted by molar-refractivity contribution is 0.899. The van der Waals surface area contributed by atoms with Gasteiger partial charge in [-0.15, -0.1) is 0 Å². The van der Waals surface area contributed by atoms with Crippen molar-refractivity contribution in [2.24, 2.45) is 0 Å². The fourth-order valence-corrected chi connectivity index (χ4v) is 2.21. The van der Waals surface area contributed by atoms with Crippen LogP contribution >= 0.6 is 0 Å². The Hall–Kier alpha value is -2.62. The summed E-state index contributed by atoms with van der Waals surface area (Å²) in [7, 11) is 0. The number of imidazole rings is 1. The zero-order chi connectivity index (χ0) is 13.8. The molecular weight excluding hydrogens is 248 g/mol. The van der Waals surface area contributed by atoms with Crippen molar-refractivity contribution in [1.29, 1.82) is 0 Å². The Morgan fingerprint density at radius 3 is 2.65 bits per heavy atom. The van der Waals surface area contributed by atoms with Crippen LogP contribution in [0, 0.1) is 6.92 Å². The third kappa shape index (κ3) is 2.54. The van der Waals surface area contributed by atoms with E-state index in [1.807, 2.05) is 49.6 Å². The van der Waals surface area contributed by atoms with E-state index in [1.165, 1.54) is 0 Å². The number of anilines is 1. The summed E-state index contributed by atoms with van der Waals surface area (Å²) in [5.41, 5.74) is 3.26. The average molecular weight is 264 g/mol. The van der Waals surface area contributed by atoms with Crippen molar-refractivity contribution < 1.29 is 0 Å². The number of hydrogen-bond donors (Lipinski definition) is 1. The molecule has 0 amide bonds. The topological polar surface area (TPSA) is 42.7 Å². The molecule has 1 aromatic carbocycles. The molecule has 2 aromatic heterocycles.